The van der Waals surface area contributed by atoms with Gasteiger partial charge in [-0.2, -0.15) is 4.31 Å². The number of hydrogen-bond acceptors (Lipinski definition) is 3. The number of nitrogens with zero attached hydrogens (tertiary/aromatic N) is 1. The molecule has 9 heavy (non-hydrogen) atoms. The summed E-state index contributed by atoms with van der Waals surface area (Å²) in [6.45, 7) is 0.348. The fourth-order valence-corrected chi connectivity index (χ4v) is 0.728. The smallest absolute Gasteiger partial charge is 0.417 e. The molecule has 0 bridgehead atoms. The summed E-state index contributed by atoms with van der Waals surface area (Å²) in [5.74, 6) is 0. The van der Waals surface area contributed by atoms with Crippen LogP contribution < -0.4 is 10.4 Å². The van der Waals surface area contributed by atoms with Crippen LogP contribution in [-0.2, 0) is 0 Å². The number of amides is 2. The number of carbonyl (C=O) groups excluding carboxylic acids is 1. The highest BCUT2D eigenvalue weighted by Crippen LogP contribution is 1.86. The maximum absolute atomic E-state index is 10.5. The van der Waals surface area contributed by atoms with Crippen molar-refractivity contribution in [1.82, 2.24) is 9.62 Å². The molecule has 1 rings (SSSR count). The van der Waals surface area contributed by atoms with Crippen molar-refractivity contribution in [2.45, 2.75) is 0 Å². The zero-order valence-corrected chi connectivity index (χ0v) is 5.40. The quantitative estimate of drug-likeness (QED) is 0.408. The summed E-state index contributed by atoms with van der Waals surface area (Å²) in [7, 11) is 0. The molecule has 1 unspecified atom stereocenters. The zero-order chi connectivity index (χ0) is 6.85. The van der Waals surface area contributed by atoms with Crippen LogP contribution in [0.25, 0.3) is 0 Å². The second-order valence-corrected chi connectivity index (χ2v) is 2.24. The van der Waals surface area contributed by atoms with E-state index in [-0.39, 0.29) is 6.67 Å². The van der Waals surface area contributed by atoms with Gasteiger partial charge in [-0.25, -0.2) is 4.79 Å². The molecule has 2 amide bonds. The van der Waals surface area contributed by atoms with Crippen LogP contribution in [0.3, 0.4) is 0 Å². The Labute approximate surface area is 57.7 Å². The van der Waals surface area contributed by atoms with Gasteiger partial charge in [-0.05, 0) is 0 Å². The monoisotopic (exact) mass is 148 g/mol. The van der Waals surface area contributed by atoms with Crippen molar-refractivity contribution in [3.8, 4) is 0 Å². The molecule has 1 saturated heterocycles. The van der Waals surface area contributed by atoms with Crippen LogP contribution >= 0.6 is 12.8 Å². The summed E-state index contributed by atoms with van der Waals surface area (Å²) in [6.07, 6.45) is 0. The first kappa shape index (κ1) is 6.81. The van der Waals surface area contributed by atoms with Crippen LogP contribution in [0.4, 0.5) is 4.79 Å². The number of carbonyl (C=O) groups is 1. The van der Waals surface area contributed by atoms with Crippen molar-refractivity contribution in [3.05, 3.63) is 5.21 Å². The first-order chi connectivity index (χ1) is 4.20. The van der Waals surface area contributed by atoms with Crippen LogP contribution in [0, 0.1) is 5.21 Å². The molecule has 1 fully saturated rings. The molecule has 0 aromatic heterocycles. The lowest BCUT2D eigenvalue weighted by molar-refractivity contribution is -0.774. The average molecular weight is 148 g/mol. The first-order valence-electron chi connectivity index (χ1n) is 2.43. The molecule has 5 nitrogen and oxygen atoms in total. The van der Waals surface area contributed by atoms with Crippen LogP contribution in [0.15, 0.2) is 0 Å². The fourth-order valence-electron chi connectivity index (χ4n) is 0.546. The Morgan fingerprint density at radius 3 is 3.00 bits per heavy atom. The summed E-state index contributed by atoms with van der Waals surface area (Å²) in [6, 6.07) is -0.531. The van der Waals surface area contributed by atoms with Gasteiger partial charge in [-0.15, -0.1) is 0 Å². The van der Waals surface area contributed by atoms with Crippen molar-refractivity contribution in [1.29, 1.82) is 0 Å². The third-order valence-electron chi connectivity index (χ3n) is 0.989. The number of hydroxylamine groups is 2. The zero-order valence-electron chi connectivity index (χ0n) is 4.59. The fraction of sp³-hybridized carbons (Fsp3) is 0.667. The van der Waals surface area contributed by atoms with E-state index in [4.69, 9.17) is 0 Å². The Hall–Kier alpha value is -0.300. The van der Waals surface area contributed by atoms with Gasteiger partial charge in [0.05, 0.1) is 6.67 Å². The van der Waals surface area contributed by atoms with Crippen LogP contribution in [0.1, 0.15) is 0 Å². The molecule has 0 saturated carbocycles. The SMILES string of the molecule is O=C1NCN([S])C[NH+]1[O-]. The Kier molecular flexibility index (Phi) is 1.91. The number of hydrogen-bond donors (Lipinski definition) is 2. The van der Waals surface area contributed by atoms with Gasteiger partial charge in [0.15, 0.2) is 6.67 Å². The summed E-state index contributed by atoms with van der Waals surface area (Å²) >= 11 is 4.62. The lowest BCUT2D eigenvalue weighted by atomic mass is 10.7. The largest absolute Gasteiger partial charge is 0.624 e. The van der Waals surface area contributed by atoms with Crippen LogP contribution in [-0.4, -0.2) is 23.7 Å². The van der Waals surface area contributed by atoms with Gasteiger partial charge in [0.1, 0.15) is 0 Å². The van der Waals surface area contributed by atoms with Gasteiger partial charge in [0, 0.05) is 12.8 Å². The number of quaternary nitrogens is 1. The highest BCUT2D eigenvalue weighted by molar-refractivity contribution is 7.77. The summed E-state index contributed by atoms with van der Waals surface area (Å²) < 4.78 is 1.32. The summed E-state index contributed by atoms with van der Waals surface area (Å²) in [5, 5.41) is 12.3. The molecule has 51 valence electrons. The molecule has 2 N–H and O–H groups in total. The van der Waals surface area contributed by atoms with Crippen molar-refractivity contribution in [3.63, 3.8) is 0 Å². The minimum absolute atomic E-state index is 0.0567. The molecular formula is C3H6N3O2S. The first-order valence-corrected chi connectivity index (χ1v) is 2.80. The van der Waals surface area contributed by atoms with E-state index in [1.54, 1.807) is 0 Å². The van der Waals surface area contributed by atoms with Gasteiger partial charge >= 0.3 is 6.03 Å². The normalized spacial score (nSPS) is 30.0. The lowest BCUT2D eigenvalue weighted by Gasteiger charge is -2.28. The van der Waals surface area contributed by atoms with E-state index in [1.165, 1.54) is 4.31 Å². The maximum atomic E-state index is 10.5. The van der Waals surface area contributed by atoms with E-state index in [0.29, 0.717) is 6.67 Å². The highest BCUT2D eigenvalue weighted by atomic mass is 32.1. The third kappa shape index (κ3) is 1.55. The van der Waals surface area contributed by atoms with Gasteiger partial charge in [-0.1, -0.05) is 0 Å². The minimum atomic E-state index is -0.531. The van der Waals surface area contributed by atoms with E-state index >= 15 is 0 Å². The second kappa shape index (κ2) is 2.53. The van der Waals surface area contributed by atoms with E-state index in [0.717, 1.165) is 0 Å². The van der Waals surface area contributed by atoms with Crippen molar-refractivity contribution < 1.29 is 9.86 Å². The molecular weight excluding hydrogens is 142 g/mol. The number of nitrogens with one attached hydrogen (secondary N) is 2. The molecule has 0 aliphatic carbocycles. The number of urea groups is 1. The molecule has 1 aliphatic rings. The van der Waals surface area contributed by atoms with Gasteiger partial charge < -0.3 is 5.21 Å². The van der Waals surface area contributed by atoms with E-state index in [1.807, 2.05) is 0 Å². The average Bonchev–Trinajstić information content (AvgIpc) is 1.80. The molecule has 1 radical (unpaired) electrons. The molecule has 1 heterocycles. The lowest BCUT2D eigenvalue weighted by Crippen LogP contribution is -3.14. The summed E-state index contributed by atoms with van der Waals surface area (Å²) in [4.78, 5) is 10.4. The van der Waals surface area contributed by atoms with Gasteiger partial charge in [0.2, 0.25) is 0 Å². The standard InChI is InChI=1S/C3H6N3O2S/c7-3-4-1-5(9)2-6(3)8/h6H,1-2H2,(H,4,7). The topological polar surface area (TPSA) is 59.8 Å². The molecule has 0 aromatic carbocycles. The maximum Gasteiger partial charge on any atom is 0.417 e. The van der Waals surface area contributed by atoms with Crippen molar-refractivity contribution in [2.75, 3.05) is 13.3 Å². The van der Waals surface area contributed by atoms with E-state index < -0.39 is 11.1 Å². The van der Waals surface area contributed by atoms with Crippen LogP contribution in [0.5, 0.6) is 0 Å². The Morgan fingerprint density at radius 2 is 2.56 bits per heavy atom. The van der Waals surface area contributed by atoms with E-state index in [9.17, 15) is 10.0 Å². The predicted molar refractivity (Wildman–Crippen MR) is 32.0 cm³/mol. The Morgan fingerprint density at radius 1 is 1.89 bits per heavy atom. The molecule has 1 atom stereocenters. The molecule has 6 heteroatoms. The minimum Gasteiger partial charge on any atom is -0.624 e. The summed E-state index contributed by atoms with van der Waals surface area (Å²) in [5.41, 5.74) is 0. The Balaban J connectivity index is 2.44. The van der Waals surface area contributed by atoms with Crippen molar-refractivity contribution >= 4 is 18.8 Å². The molecule has 0 spiro atoms. The molecule has 0 aromatic rings. The predicted octanol–water partition coefficient (Wildman–Crippen LogP) is -1.58. The number of rotatable bonds is 0. The van der Waals surface area contributed by atoms with Crippen molar-refractivity contribution in [2.24, 2.45) is 0 Å². The molecule has 1 aliphatic heterocycles. The second-order valence-electron chi connectivity index (χ2n) is 1.73. The van der Waals surface area contributed by atoms with E-state index in [2.05, 4.69) is 18.1 Å². The highest BCUT2D eigenvalue weighted by Gasteiger charge is 2.19. The van der Waals surface area contributed by atoms with Crippen LogP contribution in [0.2, 0.25) is 0 Å². The third-order valence-corrected chi connectivity index (χ3v) is 1.25. The van der Waals surface area contributed by atoms with Gasteiger partial charge in [0.25, 0.3) is 0 Å². The van der Waals surface area contributed by atoms with Gasteiger partial charge in [-0.3, -0.25) is 10.4 Å². The Bertz CT molecular complexity index is 130.